The molecule has 0 aliphatic carbocycles. The van der Waals surface area contributed by atoms with E-state index in [1.54, 1.807) is 18.2 Å². The molecule has 0 bridgehead atoms. The Kier molecular flexibility index (Phi) is 5.16. The second-order valence-electron chi connectivity index (χ2n) is 7.56. The van der Waals surface area contributed by atoms with Gasteiger partial charge in [-0.2, -0.15) is 10.5 Å². The third-order valence-corrected chi connectivity index (χ3v) is 5.68. The second kappa shape index (κ2) is 7.91. The number of hydrogen-bond donors (Lipinski definition) is 0. The first-order valence-electron chi connectivity index (χ1n) is 9.93. The fraction of sp³-hybridized carbons (Fsp3) is 0.292. The van der Waals surface area contributed by atoms with Crippen molar-refractivity contribution >= 4 is 16.7 Å². The molecule has 5 nitrogen and oxygen atoms in total. The van der Waals surface area contributed by atoms with Crippen LogP contribution in [0.3, 0.4) is 0 Å². The number of likely N-dealkylation sites (tertiary alicyclic amines) is 1. The Morgan fingerprint density at radius 3 is 2.28 bits per heavy atom. The lowest BCUT2D eigenvalue weighted by Gasteiger charge is -2.25. The molecule has 144 valence electrons. The first kappa shape index (κ1) is 18.9. The third kappa shape index (κ3) is 3.53. The van der Waals surface area contributed by atoms with Crippen molar-refractivity contribution in [2.45, 2.75) is 26.2 Å². The maximum Gasteiger partial charge on any atom is 0.179 e. The van der Waals surface area contributed by atoms with Crippen molar-refractivity contribution in [1.29, 1.82) is 10.5 Å². The van der Waals surface area contributed by atoms with Crippen LogP contribution in [-0.2, 0) is 0 Å². The standard InChI is InChI=1S/C24H22N4O/c1-17-24(23(29)16-27-11-3-2-4-12-27)21-13-19(15-26)7-10-22(21)28(17)20-8-5-18(14-25)6-9-20/h5-10,13H,2-4,11-12,16H2,1H3. The van der Waals surface area contributed by atoms with Crippen molar-refractivity contribution in [3.05, 3.63) is 64.8 Å². The van der Waals surface area contributed by atoms with E-state index in [1.165, 1.54) is 6.42 Å². The number of piperidine rings is 1. The molecule has 0 atom stereocenters. The van der Waals surface area contributed by atoms with Crippen LogP contribution >= 0.6 is 0 Å². The van der Waals surface area contributed by atoms with Crippen molar-refractivity contribution in [3.63, 3.8) is 0 Å². The average molecular weight is 382 g/mol. The SMILES string of the molecule is Cc1c(C(=O)CN2CCCCC2)c2cc(C#N)ccc2n1-c1ccc(C#N)cc1. The Bertz CT molecular complexity index is 1150. The van der Waals surface area contributed by atoms with E-state index in [0.29, 0.717) is 23.2 Å². The number of aromatic nitrogens is 1. The zero-order valence-electron chi connectivity index (χ0n) is 16.5. The van der Waals surface area contributed by atoms with Gasteiger partial charge in [-0.15, -0.1) is 0 Å². The molecule has 29 heavy (non-hydrogen) atoms. The van der Waals surface area contributed by atoms with Gasteiger partial charge in [0.2, 0.25) is 0 Å². The van der Waals surface area contributed by atoms with E-state index in [4.69, 9.17) is 5.26 Å². The molecule has 5 heteroatoms. The largest absolute Gasteiger partial charge is 0.313 e. The average Bonchev–Trinajstić information content (AvgIpc) is 3.05. The molecule has 0 amide bonds. The number of rotatable bonds is 4. The fourth-order valence-electron chi connectivity index (χ4n) is 4.26. The highest BCUT2D eigenvalue weighted by molar-refractivity contribution is 6.11. The Morgan fingerprint density at radius 2 is 1.62 bits per heavy atom. The Balaban J connectivity index is 1.84. The van der Waals surface area contributed by atoms with Crippen molar-refractivity contribution in [1.82, 2.24) is 9.47 Å². The van der Waals surface area contributed by atoms with Crippen LogP contribution in [0, 0.1) is 29.6 Å². The molecule has 0 radical (unpaired) electrons. The molecule has 0 spiro atoms. The van der Waals surface area contributed by atoms with Gasteiger partial charge in [0.1, 0.15) is 0 Å². The van der Waals surface area contributed by atoms with E-state index in [-0.39, 0.29) is 5.78 Å². The molecule has 0 N–H and O–H groups in total. The van der Waals surface area contributed by atoms with E-state index in [2.05, 4.69) is 17.0 Å². The molecule has 1 aliphatic rings. The first-order valence-corrected chi connectivity index (χ1v) is 9.93. The molecule has 2 heterocycles. The van der Waals surface area contributed by atoms with Gasteiger partial charge in [0, 0.05) is 22.3 Å². The highest BCUT2D eigenvalue weighted by atomic mass is 16.1. The van der Waals surface area contributed by atoms with Crippen LogP contribution in [0.1, 0.15) is 46.4 Å². The molecule has 1 aromatic heterocycles. The number of ketones is 1. The van der Waals surface area contributed by atoms with Gasteiger partial charge in [0.15, 0.2) is 5.78 Å². The summed E-state index contributed by atoms with van der Waals surface area (Å²) in [5, 5.41) is 19.2. The molecule has 1 aliphatic heterocycles. The van der Waals surface area contributed by atoms with Gasteiger partial charge in [-0.05, 0) is 75.3 Å². The van der Waals surface area contributed by atoms with E-state index in [1.807, 2.05) is 35.8 Å². The van der Waals surface area contributed by atoms with Gasteiger partial charge in [-0.25, -0.2) is 0 Å². The van der Waals surface area contributed by atoms with Crippen LogP contribution in [-0.4, -0.2) is 34.9 Å². The minimum absolute atomic E-state index is 0.0943. The highest BCUT2D eigenvalue weighted by Gasteiger charge is 2.23. The summed E-state index contributed by atoms with van der Waals surface area (Å²) in [5.41, 5.74) is 4.48. The third-order valence-electron chi connectivity index (χ3n) is 5.68. The smallest absolute Gasteiger partial charge is 0.179 e. The first-order chi connectivity index (χ1) is 14.1. The van der Waals surface area contributed by atoms with Gasteiger partial charge < -0.3 is 4.57 Å². The van der Waals surface area contributed by atoms with Gasteiger partial charge in [0.25, 0.3) is 0 Å². The molecule has 2 aromatic carbocycles. The van der Waals surface area contributed by atoms with E-state index >= 15 is 0 Å². The summed E-state index contributed by atoms with van der Waals surface area (Å²) in [6.45, 7) is 4.28. The lowest BCUT2D eigenvalue weighted by atomic mass is 10.0. The van der Waals surface area contributed by atoms with E-state index < -0.39 is 0 Å². The van der Waals surface area contributed by atoms with E-state index in [0.717, 1.165) is 48.2 Å². The minimum atomic E-state index is 0.0943. The number of nitrogens with zero attached hydrogens (tertiary/aromatic N) is 4. The van der Waals surface area contributed by atoms with Gasteiger partial charge in [0.05, 0.1) is 35.3 Å². The Hall–Kier alpha value is -3.41. The van der Waals surface area contributed by atoms with E-state index in [9.17, 15) is 10.1 Å². The molecule has 1 fully saturated rings. The summed E-state index contributed by atoms with van der Waals surface area (Å²) in [6, 6.07) is 17.1. The predicted molar refractivity (Wildman–Crippen MR) is 112 cm³/mol. The minimum Gasteiger partial charge on any atom is -0.313 e. The van der Waals surface area contributed by atoms with Crippen molar-refractivity contribution in [2.75, 3.05) is 19.6 Å². The number of benzene rings is 2. The molecule has 0 unspecified atom stereocenters. The summed E-state index contributed by atoms with van der Waals surface area (Å²) in [6.07, 6.45) is 3.50. The zero-order chi connectivity index (χ0) is 20.4. The number of nitriles is 2. The molecule has 0 saturated carbocycles. The van der Waals surface area contributed by atoms with Crippen LogP contribution in [0.2, 0.25) is 0 Å². The quantitative estimate of drug-likeness (QED) is 0.629. The number of hydrogen-bond acceptors (Lipinski definition) is 4. The topological polar surface area (TPSA) is 72.8 Å². The van der Waals surface area contributed by atoms with Crippen LogP contribution in [0.5, 0.6) is 0 Å². The Morgan fingerprint density at radius 1 is 0.966 bits per heavy atom. The normalized spacial score (nSPS) is 14.4. The summed E-state index contributed by atoms with van der Waals surface area (Å²) >= 11 is 0. The molecular weight excluding hydrogens is 360 g/mol. The van der Waals surface area contributed by atoms with Gasteiger partial charge in [-0.3, -0.25) is 9.69 Å². The van der Waals surface area contributed by atoms with Gasteiger partial charge >= 0.3 is 0 Å². The van der Waals surface area contributed by atoms with Crippen LogP contribution in [0.25, 0.3) is 16.6 Å². The van der Waals surface area contributed by atoms with Crippen molar-refractivity contribution < 1.29 is 4.79 Å². The Labute approximate surface area is 170 Å². The fourth-order valence-corrected chi connectivity index (χ4v) is 4.26. The van der Waals surface area contributed by atoms with Crippen molar-refractivity contribution in [3.8, 4) is 17.8 Å². The summed E-state index contributed by atoms with van der Waals surface area (Å²) in [4.78, 5) is 15.5. The molecule has 1 saturated heterocycles. The van der Waals surface area contributed by atoms with Crippen LogP contribution < -0.4 is 0 Å². The van der Waals surface area contributed by atoms with Crippen molar-refractivity contribution in [2.24, 2.45) is 0 Å². The summed E-state index contributed by atoms with van der Waals surface area (Å²) < 4.78 is 2.04. The predicted octanol–water partition coefficient (Wildman–Crippen LogP) is 4.35. The monoisotopic (exact) mass is 382 g/mol. The second-order valence-corrected chi connectivity index (χ2v) is 7.56. The highest BCUT2D eigenvalue weighted by Crippen LogP contribution is 2.31. The number of carbonyl (C=O) groups excluding carboxylic acids is 1. The summed E-state index contributed by atoms with van der Waals surface area (Å²) in [5.74, 6) is 0.0943. The van der Waals surface area contributed by atoms with Crippen LogP contribution in [0.4, 0.5) is 0 Å². The molecular formula is C24H22N4O. The maximum absolute atomic E-state index is 13.3. The lowest BCUT2D eigenvalue weighted by molar-refractivity contribution is 0.0916. The maximum atomic E-state index is 13.3. The zero-order valence-corrected chi connectivity index (χ0v) is 16.5. The number of carbonyl (C=O) groups is 1. The number of fused-ring (bicyclic) bond motifs is 1. The molecule has 4 rings (SSSR count). The lowest BCUT2D eigenvalue weighted by Crippen LogP contribution is -2.34. The van der Waals surface area contributed by atoms with Gasteiger partial charge in [-0.1, -0.05) is 6.42 Å². The summed E-state index contributed by atoms with van der Waals surface area (Å²) in [7, 11) is 0. The molecule has 3 aromatic rings. The van der Waals surface area contributed by atoms with Crippen LogP contribution in [0.15, 0.2) is 42.5 Å². The number of Topliss-reactive ketones (excluding diaryl/α,β-unsaturated/α-hetero) is 1.